The summed E-state index contributed by atoms with van der Waals surface area (Å²) in [5.41, 5.74) is 0. The van der Waals surface area contributed by atoms with E-state index in [2.05, 4.69) is 24.1 Å². The Morgan fingerprint density at radius 1 is 1.18 bits per heavy atom. The molecule has 0 radical (unpaired) electrons. The van der Waals surface area contributed by atoms with Crippen LogP contribution in [-0.4, -0.2) is 49.8 Å². The smallest absolute Gasteiger partial charge is 0.0593 e. The summed E-state index contributed by atoms with van der Waals surface area (Å²) in [7, 11) is 0. The average Bonchev–Trinajstić information content (AvgIpc) is 3.10. The molecule has 0 amide bonds. The lowest BCUT2D eigenvalue weighted by atomic mass is 9.78. The van der Waals surface area contributed by atoms with Crippen molar-refractivity contribution >= 4 is 0 Å². The number of likely N-dealkylation sites (N-methyl/N-ethyl adjacent to an activating group) is 1. The number of nitrogens with zero attached hydrogens (tertiary/aromatic N) is 1. The number of hydrogen-bond donors (Lipinski definition) is 1. The van der Waals surface area contributed by atoms with E-state index in [0.717, 1.165) is 44.3 Å². The van der Waals surface area contributed by atoms with Gasteiger partial charge in [0.05, 0.1) is 6.61 Å². The molecule has 0 aliphatic heterocycles. The van der Waals surface area contributed by atoms with Crippen LogP contribution in [-0.2, 0) is 4.74 Å². The van der Waals surface area contributed by atoms with E-state index in [1.54, 1.807) is 0 Å². The maximum absolute atomic E-state index is 5.47. The summed E-state index contributed by atoms with van der Waals surface area (Å²) < 4.78 is 5.47. The SMILES string of the molecule is CCOCCN(CC)C1CCC1CNC1CC1. The number of ether oxygens (including phenoxy) is 1. The molecule has 0 aromatic rings. The molecule has 3 heteroatoms. The monoisotopic (exact) mass is 240 g/mol. The van der Waals surface area contributed by atoms with E-state index in [0.29, 0.717) is 0 Å². The zero-order valence-corrected chi connectivity index (χ0v) is 11.5. The van der Waals surface area contributed by atoms with E-state index in [-0.39, 0.29) is 0 Å². The minimum atomic E-state index is 0.812. The summed E-state index contributed by atoms with van der Waals surface area (Å²) in [6, 6.07) is 1.67. The zero-order chi connectivity index (χ0) is 12.1. The molecule has 2 aliphatic carbocycles. The van der Waals surface area contributed by atoms with Crippen LogP contribution in [0.4, 0.5) is 0 Å². The van der Waals surface area contributed by atoms with Gasteiger partial charge in [0, 0.05) is 25.2 Å². The first kappa shape index (κ1) is 13.3. The standard InChI is InChI=1S/C14H28N2O/c1-3-16(9-10-17-4-2)14-8-5-12(14)11-15-13-6-7-13/h12-15H,3-11H2,1-2H3. The topological polar surface area (TPSA) is 24.5 Å². The van der Waals surface area contributed by atoms with Gasteiger partial charge in [-0.25, -0.2) is 0 Å². The van der Waals surface area contributed by atoms with Gasteiger partial charge in [-0.3, -0.25) is 4.90 Å². The predicted molar refractivity (Wildman–Crippen MR) is 71.3 cm³/mol. The van der Waals surface area contributed by atoms with Gasteiger partial charge in [0.25, 0.3) is 0 Å². The van der Waals surface area contributed by atoms with Crippen LogP contribution in [0.3, 0.4) is 0 Å². The third-order valence-corrected chi connectivity index (χ3v) is 4.23. The molecule has 0 saturated heterocycles. The summed E-state index contributed by atoms with van der Waals surface area (Å²) in [6.07, 6.45) is 5.60. The average molecular weight is 240 g/mol. The molecule has 0 spiro atoms. The second kappa shape index (κ2) is 6.72. The molecular weight excluding hydrogens is 212 g/mol. The Hall–Kier alpha value is -0.120. The summed E-state index contributed by atoms with van der Waals surface area (Å²) in [5, 5.41) is 3.68. The van der Waals surface area contributed by atoms with Gasteiger partial charge in [0.2, 0.25) is 0 Å². The van der Waals surface area contributed by atoms with Crippen LogP contribution in [0.15, 0.2) is 0 Å². The van der Waals surface area contributed by atoms with Crippen molar-refractivity contribution in [2.24, 2.45) is 5.92 Å². The van der Waals surface area contributed by atoms with Crippen molar-refractivity contribution in [2.45, 2.75) is 51.6 Å². The fraction of sp³-hybridized carbons (Fsp3) is 1.00. The van der Waals surface area contributed by atoms with Gasteiger partial charge in [-0.05, 0) is 51.6 Å². The molecule has 17 heavy (non-hydrogen) atoms. The fourth-order valence-electron chi connectivity index (χ4n) is 2.76. The molecular formula is C14H28N2O. The van der Waals surface area contributed by atoms with E-state index >= 15 is 0 Å². The summed E-state index contributed by atoms with van der Waals surface area (Å²) >= 11 is 0. The third kappa shape index (κ3) is 3.94. The van der Waals surface area contributed by atoms with E-state index in [1.165, 1.54) is 32.2 Å². The van der Waals surface area contributed by atoms with Crippen molar-refractivity contribution in [3.63, 3.8) is 0 Å². The maximum atomic E-state index is 5.47. The van der Waals surface area contributed by atoms with Crippen LogP contribution in [0.2, 0.25) is 0 Å². The third-order valence-electron chi connectivity index (χ3n) is 4.23. The lowest BCUT2D eigenvalue weighted by Crippen LogP contribution is -2.51. The van der Waals surface area contributed by atoms with Gasteiger partial charge < -0.3 is 10.1 Å². The van der Waals surface area contributed by atoms with Gasteiger partial charge in [0.15, 0.2) is 0 Å². The zero-order valence-electron chi connectivity index (χ0n) is 11.5. The Kier molecular flexibility index (Phi) is 5.26. The normalized spacial score (nSPS) is 28.4. The van der Waals surface area contributed by atoms with Gasteiger partial charge in [-0.1, -0.05) is 6.92 Å². The molecule has 1 N–H and O–H groups in total. The Bertz CT molecular complexity index is 218. The molecule has 2 fully saturated rings. The van der Waals surface area contributed by atoms with Crippen LogP contribution in [0, 0.1) is 5.92 Å². The second-order valence-corrected chi connectivity index (χ2v) is 5.41. The predicted octanol–water partition coefficient (Wildman–Crippen LogP) is 1.88. The van der Waals surface area contributed by atoms with Gasteiger partial charge >= 0.3 is 0 Å². The lowest BCUT2D eigenvalue weighted by Gasteiger charge is -2.44. The molecule has 2 saturated carbocycles. The van der Waals surface area contributed by atoms with Crippen LogP contribution in [0.1, 0.15) is 39.5 Å². The van der Waals surface area contributed by atoms with Crippen LogP contribution in [0.5, 0.6) is 0 Å². The quantitative estimate of drug-likeness (QED) is 0.623. The van der Waals surface area contributed by atoms with Crippen molar-refractivity contribution in [3.05, 3.63) is 0 Å². The van der Waals surface area contributed by atoms with Crippen molar-refractivity contribution in [3.8, 4) is 0 Å². The van der Waals surface area contributed by atoms with E-state index in [1.807, 2.05) is 0 Å². The van der Waals surface area contributed by atoms with Crippen LogP contribution >= 0.6 is 0 Å². The summed E-state index contributed by atoms with van der Waals surface area (Å²) in [5.74, 6) is 0.886. The summed E-state index contributed by atoms with van der Waals surface area (Å²) in [6.45, 7) is 9.59. The molecule has 0 bridgehead atoms. The van der Waals surface area contributed by atoms with Crippen LogP contribution in [0.25, 0.3) is 0 Å². The number of hydrogen-bond acceptors (Lipinski definition) is 3. The maximum Gasteiger partial charge on any atom is 0.0593 e. The molecule has 3 nitrogen and oxygen atoms in total. The lowest BCUT2D eigenvalue weighted by molar-refractivity contribution is 0.0356. The minimum absolute atomic E-state index is 0.812. The Balaban J connectivity index is 1.66. The highest BCUT2D eigenvalue weighted by molar-refractivity contribution is 4.92. The van der Waals surface area contributed by atoms with Crippen molar-refractivity contribution in [1.82, 2.24) is 10.2 Å². The van der Waals surface area contributed by atoms with E-state index < -0.39 is 0 Å². The van der Waals surface area contributed by atoms with Crippen molar-refractivity contribution in [2.75, 3.05) is 32.8 Å². The highest BCUT2D eigenvalue weighted by Crippen LogP contribution is 2.32. The van der Waals surface area contributed by atoms with Crippen molar-refractivity contribution < 1.29 is 4.74 Å². The highest BCUT2D eigenvalue weighted by atomic mass is 16.5. The number of nitrogens with one attached hydrogen (secondary N) is 1. The first-order valence-corrected chi connectivity index (χ1v) is 7.40. The summed E-state index contributed by atoms with van der Waals surface area (Å²) in [4.78, 5) is 2.61. The Morgan fingerprint density at radius 3 is 2.53 bits per heavy atom. The molecule has 0 aromatic heterocycles. The Morgan fingerprint density at radius 2 is 2.00 bits per heavy atom. The Labute approximate surface area is 106 Å². The van der Waals surface area contributed by atoms with E-state index in [4.69, 9.17) is 4.74 Å². The van der Waals surface area contributed by atoms with Crippen LogP contribution < -0.4 is 5.32 Å². The largest absolute Gasteiger partial charge is 0.380 e. The number of rotatable bonds is 9. The molecule has 2 unspecified atom stereocenters. The molecule has 0 heterocycles. The van der Waals surface area contributed by atoms with Crippen molar-refractivity contribution in [1.29, 1.82) is 0 Å². The first-order valence-electron chi connectivity index (χ1n) is 7.40. The van der Waals surface area contributed by atoms with E-state index in [9.17, 15) is 0 Å². The second-order valence-electron chi connectivity index (χ2n) is 5.41. The minimum Gasteiger partial charge on any atom is -0.380 e. The highest BCUT2D eigenvalue weighted by Gasteiger charge is 2.35. The molecule has 2 aliphatic rings. The van der Waals surface area contributed by atoms with Gasteiger partial charge in [0.1, 0.15) is 0 Å². The van der Waals surface area contributed by atoms with Gasteiger partial charge in [-0.2, -0.15) is 0 Å². The first-order chi connectivity index (χ1) is 8.35. The molecule has 2 atom stereocenters. The fourth-order valence-corrected chi connectivity index (χ4v) is 2.76. The molecule has 2 rings (SSSR count). The van der Waals surface area contributed by atoms with Gasteiger partial charge in [-0.15, -0.1) is 0 Å². The molecule has 100 valence electrons. The molecule has 0 aromatic carbocycles.